The van der Waals surface area contributed by atoms with Gasteiger partial charge >= 0.3 is 0 Å². The van der Waals surface area contributed by atoms with E-state index in [4.69, 9.17) is 11.6 Å². The van der Waals surface area contributed by atoms with Gasteiger partial charge in [0.25, 0.3) is 12.1 Å². The normalized spacial score (nSPS) is 10.7. The first-order valence-corrected chi connectivity index (χ1v) is 4.97. The molecular formula is C7H4BrClF2N2O2. The largest absolute Gasteiger partial charge is 0.293 e. The monoisotopic (exact) mass is 300 g/mol. The van der Waals surface area contributed by atoms with E-state index >= 15 is 0 Å². The Morgan fingerprint density at radius 1 is 1.67 bits per heavy atom. The van der Waals surface area contributed by atoms with Crippen LogP contribution in [0, 0.1) is 10.1 Å². The Labute approximate surface area is 96.5 Å². The molecule has 0 bridgehead atoms. The summed E-state index contributed by atoms with van der Waals surface area (Å²) in [7, 11) is 0. The Balaban J connectivity index is 3.39. The van der Waals surface area contributed by atoms with E-state index in [-0.39, 0.29) is 21.6 Å². The fraction of sp³-hybridized carbons (Fsp3) is 0.286. The highest BCUT2D eigenvalue weighted by molar-refractivity contribution is 9.10. The van der Waals surface area contributed by atoms with Gasteiger partial charge in [-0.2, -0.15) is 0 Å². The molecule has 0 aliphatic carbocycles. The van der Waals surface area contributed by atoms with Crippen molar-refractivity contribution in [2.45, 2.75) is 12.3 Å². The number of halogens is 4. The van der Waals surface area contributed by atoms with Crippen molar-refractivity contribution in [3.8, 4) is 0 Å². The molecule has 1 aromatic heterocycles. The topological polar surface area (TPSA) is 56.0 Å². The van der Waals surface area contributed by atoms with Gasteiger partial charge in [-0.3, -0.25) is 10.1 Å². The zero-order chi connectivity index (χ0) is 11.6. The lowest BCUT2D eigenvalue weighted by molar-refractivity contribution is -0.385. The van der Waals surface area contributed by atoms with Crippen molar-refractivity contribution in [1.82, 2.24) is 4.98 Å². The summed E-state index contributed by atoms with van der Waals surface area (Å²) in [6.07, 6.45) is -2.02. The third kappa shape index (κ3) is 2.40. The lowest BCUT2D eigenvalue weighted by atomic mass is 10.2. The first-order chi connectivity index (χ1) is 6.99. The number of pyridine rings is 1. The minimum atomic E-state index is -2.80. The van der Waals surface area contributed by atoms with Crippen molar-refractivity contribution < 1.29 is 13.7 Å². The molecule has 0 radical (unpaired) electrons. The summed E-state index contributed by atoms with van der Waals surface area (Å²) >= 11 is 8.28. The van der Waals surface area contributed by atoms with E-state index in [2.05, 4.69) is 20.9 Å². The van der Waals surface area contributed by atoms with Gasteiger partial charge in [-0.25, -0.2) is 13.8 Å². The van der Waals surface area contributed by atoms with Crippen LogP contribution in [0.15, 0.2) is 10.7 Å². The standard InChI is InChI=1S/C7H4BrClF2N2O2/c8-5-3(1-9)4(13(14)15)2-12-6(5)7(10)11/h2,7H,1H2. The second kappa shape index (κ2) is 4.80. The predicted molar refractivity (Wildman–Crippen MR) is 53.1 cm³/mol. The molecule has 1 rings (SSSR count). The highest BCUT2D eigenvalue weighted by atomic mass is 79.9. The lowest BCUT2D eigenvalue weighted by Gasteiger charge is -2.06. The van der Waals surface area contributed by atoms with E-state index in [1.807, 2.05) is 0 Å². The third-order valence-corrected chi connectivity index (χ3v) is 2.81. The van der Waals surface area contributed by atoms with Crippen LogP contribution in [0.5, 0.6) is 0 Å². The highest BCUT2D eigenvalue weighted by Crippen LogP contribution is 2.34. The Kier molecular flexibility index (Phi) is 3.92. The zero-order valence-corrected chi connectivity index (χ0v) is 9.43. The van der Waals surface area contributed by atoms with Gasteiger partial charge in [0.05, 0.1) is 20.8 Å². The number of aromatic nitrogens is 1. The lowest BCUT2D eigenvalue weighted by Crippen LogP contribution is -2.01. The number of nitrogens with zero attached hydrogens (tertiary/aromatic N) is 2. The summed E-state index contributed by atoms with van der Waals surface area (Å²) in [5.74, 6) is -0.237. The summed E-state index contributed by atoms with van der Waals surface area (Å²) in [6.45, 7) is 0. The number of alkyl halides is 3. The van der Waals surface area contributed by atoms with E-state index in [1.54, 1.807) is 0 Å². The van der Waals surface area contributed by atoms with Crippen molar-refractivity contribution >= 4 is 33.2 Å². The maximum atomic E-state index is 12.4. The van der Waals surface area contributed by atoms with Crippen molar-refractivity contribution in [3.63, 3.8) is 0 Å². The molecule has 0 atom stereocenters. The van der Waals surface area contributed by atoms with Gasteiger partial charge in [-0.1, -0.05) is 0 Å². The highest BCUT2D eigenvalue weighted by Gasteiger charge is 2.23. The number of hydrogen-bond acceptors (Lipinski definition) is 3. The van der Waals surface area contributed by atoms with E-state index in [9.17, 15) is 18.9 Å². The Bertz CT molecular complexity index is 403. The summed E-state index contributed by atoms with van der Waals surface area (Å²) < 4.78 is 24.6. The summed E-state index contributed by atoms with van der Waals surface area (Å²) in [4.78, 5) is 13.1. The Morgan fingerprint density at radius 2 is 2.27 bits per heavy atom. The van der Waals surface area contributed by atoms with Crippen LogP contribution in [0.1, 0.15) is 17.7 Å². The number of rotatable bonds is 3. The minimum Gasteiger partial charge on any atom is -0.258 e. The molecule has 0 aromatic carbocycles. The zero-order valence-electron chi connectivity index (χ0n) is 7.08. The Morgan fingerprint density at radius 3 is 2.67 bits per heavy atom. The van der Waals surface area contributed by atoms with Crippen LogP contribution in [-0.2, 0) is 5.88 Å². The molecule has 15 heavy (non-hydrogen) atoms. The van der Waals surface area contributed by atoms with E-state index in [0.29, 0.717) is 0 Å². The van der Waals surface area contributed by atoms with Crippen molar-refractivity contribution in [2.75, 3.05) is 0 Å². The average molecular weight is 301 g/mol. The molecule has 4 nitrogen and oxygen atoms in total. The van der Waals surface area contributed by atoms with Gasteiger partial charge in [0, 0.05) is 0 Å². The van der Waals surface area contributed by atoms with Gasteiger partial charge in [0.15, 0.2) is 0 Å². The van der Waals surface area contributed by atoms with E-state index in [1.165, 1.54) is 0 Å². The second-order valence-electron chi connectivity index (χ2n) is 2.51. The molecule has 0 aliphatic rings. The summed E-state index contributed by atoms with van der Waals surface area (Å²) in [5.41, 5.74) is -0.913. The molecule has 1 aromatic rings. The molecule has 1 heterocycles. The first kappa shape index (κ1) is 12.3. The molecule has 8 heteroatoms. The average Bonchev–Trinajstić information content (AvgIpc) is 2.16. The third-order valence-electron chi connectivity index (χ3n) is 1.66. The van der Waals surface area contributed by atoms with Gasteiger partial charge in [0.1, 0.15) is 11.9 Å². The van der Waals surface area contributed by atoms with Crippen LogP contribution in [0.4, 0.5) is 14.5 Å². The predicted octanol–water partition coefficient (Wildman–Crippen LogP) is 3.43. The molecule has 0 aliphatic heterocycles. The number of nitro groups is 1. The molecule has 0 saturated carbocycles. The van der Waals surface area contributed by atoms with Crippen LogP contribution in [0.25, 0.3) is 0 Å². The van der Waals surface area contributed by atoms with Gasteiger partial charge in [-0.15, -0.1) is 11.6 Å². The van der Waals surface area contributed by atoms with Gasteiger partial charge in [0.2, 0.25) is 0 Å². The van der Waals surface area contributed by atoms with Crippen LogP contribution in [-0.4, -0.2) is 9.91 Å². The second-order valence-corrected chi connectivity index (χ2v) is 3.57. The SMILES string of the molecule is O=[N+]([O-])c1cnc(C(F)F)c(Br)c1CCl. The van der Waals surface area contributed by atoms with Crippen molar-refractivity contribution in [3.05, 3.63) is 32.0 Å². The molecular weight excluding hydrogens is 297 g/mol. The molecule has 0 spiro atoms. The maximum Gasteiger partial charge on any atom is 0.293 e. The quantitative estimate of drug-likeness (QED) is 0.488. The fourth-order valence-electron chi connectivity index (χ4n) is 0.969. The van der Waals surface area contributed by atoms with Gasteiger partial charge in [-0.05, 0) is 15.9 Å². The minimum absolute atomic E-state index is 0.00645. The van der Waals surface area contributed by atoms with Gasteiger partial charge < -0.3 is 0 Å². The molecule has 0 amide bonds. The van der Waals surface area contributed by atoms with Crippen LogP contribution >= 0.6 is 27.5 Å². The number of hydrogen-bond donors (Lipinski definition) is 0. The summed E-state index contributed by atoms with van der Waals surface area (Å²) in [6, 6.07) is 0. The maximum absolute atomic E-state index is 12.4. The van der Waals surface area contributed by atoms with Crippen molar-refractivity contribution in [2.24, 2.45) is 0 Å². The van der Waals surface area contributed by atoms with E-state index < -0.39 is 17.0 Å². The summed E-state index contributed by atoms with van der Waals surface area (Å²) in [5, 5.41) is 10.5. The molecule has 0 unspecified atom stereocenters. The first-order valence-electron chi connectivity index (χ1n) is 3.64. The fourth-order valence-corrected chi connectivity index (χ4v) is 2.02. The molecule has 82 valence electrons. The smallest absolute Gasteiger partial charge is 0.258 e. The van der Waals surface area contributed by atoms with Crippen molar-refractivity contribution in [1.29, 1.82) is 0 Å². The molecule has 0 fully saturated rings. The Hall–Kier alpha value is -0.820. The van der Waals surface area contributed by atoms with Crippen LogP contribution in [0.3, 0.4) is 0 Å². The molecule has 0 N–H and O–H groups in total. The van der Waals surface area contributed by atoms with Crippen LogP contribution in [0.2, 0.25) is 0 Å². The van der Waals surface area contributed by atoms with E-state index in [0.717, 1.165) is 6.20 Å². The molecule has 0 saturated heterocycles. The van der Waals surface area contributed by atoms with Crippen LogP contribution < -0.4 is 0 Å².